The normalized spacial score (nSPS) is 11.7. The Morgan fingerprint density at radius 2 is 1.81 bits per heavy atom. The number of thioether (sulfide) groups is 1. The van der Waals surface area contributed by atoms with E-state index in [2.05, 4.69) is 22.4 Å². The summed E-state index contributed by atoms with van der Waals surface area (Å²) in [7, 11) is 1.61. The van der Waals surface area contributed by atoms with Gasteiger partial charge in [-0.05, 0) is 50.1 Å². The number of ether oxygens (including phenoxy) is 2. The maximum absolute atomic E-state index is 12.4. The van der Waals surface area contributed by atoms with Crippen molar-refractivity contribution in [1.29, 1.82) is 0 Å². The second-order valence-electron chi connectivity index (χ2n) is 6.88. The molecule has 1 N–H and O–H groups in total. The van der Waals surface area contributed by atoms with Crippen molar-refractivity contribution in [2.24, 2.45) is 0 Å². The maximum Gasteiger partial charge on any atom is 0.234 e. The molecule has 1 aromatic heterocycles. The molecule has 0 aliphatic carbocycles. The summed E-state index contributed by atoms with van der Waals surface area (Å²) in [5, 5.41) is 12.2. The number of hydrogen-bond donors (Lipinski definition) is 1. The molecule has 0 saturated heterocycles. The van der Waals surface area contributed by atoms with Gasteiger partial charge < -0.3 is 19.4 Å². The van der Waals surface area contributed by atoms with Gasteiger partial charge in [0.2, 0.25) is 5.91 Å². The van der Waals surface area contributed by atoms with E-state index in [1.807, 2.05) is 66.9 Å². The topological polar surface area (TPSA) is 78.3 Å². The summed E-state index contributed by atoms with van der Waals surface area (Å²) < 4.78 is 13.4. The average Bonchev–Trinajstić information content (AvgIpc) is 3.21. The highest BCUT2D eigenvalue weighted by atomic mass is 32.2. The van der Waals surface area contributed by atoms with E-state index in [9.17, 15) is 4.79 Å². The number of methoxy groups -OCH3 is 1. The lowest BCUT2D eigenvalue weighted by atomic mass is 10.1. The van der Waals surface area contributed by atoms with Crippen LogP contribution in [0.2, 0.25) is 0 Å². The van der Waals surface area contributed by atoms with Crippen molar-refractivity contribution in [3.05, 3.63) is 59.9 Å². The zero-order chi connectivity index (χ0) is 22.2. The first-order chi connectivity index (χ1) is 15.0. The van der Waals surface area contributed by atoms with Crippen LogP contribution in [0.3, 0.4) is 0 Å². The van der Waals surface area contributed by atoms with Crippen molar-refractivity contribution in [2.75, 3.05) is 18.2 Å². The number of aromatic nitrogens is 3. The molecule has 31 heavy (non-hydrogen) atoms. The van der Waals surface area contributed by atoms with Crippen molar-refractivity contribution >= 4 is 23.4 Å². The molecule has 164 valence electrons. The van der Waals surface area contributed by atoms with E-state index in [0.717, 1.165) is 12.1 Å². The largest absolute Gasteiger partial charge is 0.493 e. The van der Waals surface area contributed by atoms with Gasteiger partial charge in [-0.15, -0.1) is 10.2 Å². The highest BCUT2D eigenvalue weighted by molar-refractivity contribution is 7.99. The number of rotatable bonds is 10. The van der Waals surface area contributed by atoms with E-state index in [1.165, 1.54) is 17.3 Å². The van der Waals surface area contributed by atoms with Gasteiger partial charge in [0.25, 0.3) is 0 Å². The lowest BCUT2D eigenvalue weighted by Crippen LogP contribution is -2.15. The van der Waals surface area contributed by atoms with Crippen LogP contribution < -0.4 is 14.8 Å². The summed E-state index contributed by atoms with van der Waals surface area (Å²) >= 11 is 1.36. The molecular weight excluding hydrogens is 412 g/mol. The van der Waals surface area contributed by atoms with Crippen molar-refractivity contribution in [3.63, 3.8) is 0 Å². The second-order valence-corrected chi connectivity index (χ2v) is 7.83. The Bertz CT molecular complexity index is 1000. The van der Waals surface area contributed by atoms with Crippen LogP contribution in [0.4, 0.5) is 5.69 Å². The van der Waals surface area contributed by atoms with Crippen LogP contribution in [-0.2, 0) is 17.8 Å². The van der Waals surface area contributed by atoms with Crippen molar-refractivity contribution < 1.29 is 14.3 Å². The molecule has 1 unspecified atom stereocenters. The molecule has 3 rings (SSSR count). The van der Waals surface area contributed by atoms with Crippen LogP contribution in [0.25, 0.3) is 0 Å². The van der Waals surface area contributed by atoms with Gasteiger partial charge in [0, 0.05) is 12.2 Å². The van der Waals surface area contributed by atoms with Gasteiger partial charge >= 0.3 is 0 Å². The summed E-state index contributed by atoms with van der Waals surface area (Å²) in [5.74, 6) is 2.17. The summed E-state index contributed by atoms with van der Waals surface area (Å²) in [6, 6.07) is 15.4. The Kier molecular flexibility index (Phi) is 7.94. The molecule has 3 aromatic rings. The second kappa shape index (κ2) is 10.9. The zero-order valence-corrected chi connectivity index (χ0v) is 19.1. The van der Waals surface area contributed by atoms with E-state index in [4.69, 9.17) is 9.47 Å². The van der Waals surface area contributed by atoms with Crippen LogP contribution in [0.5, 0.6) is 11.5 Å². The number of hydrogen-bond acceptors (Lipinski definition) is 6. The van der Waals surface area contributed by atoms with Crippen LogP contribution in [0.1, 0.15) is 38.3 Å². The number of anilines is 1. The number of carbonyl (C=O) groups excluding carboxylic acids is 1. The summed E-state index contributed by atoms with van der Waals surface area (Å²) in [6.45, 7) is 6.71. The third-order valence-electron chi connectivity index (χ3n) is 4.78. The highest BCUT2D eigenvalue weighted by Gasteiger charge is 2.20. The minimum absolute atomic E-state index is 0.0835. The predicted molar refractivity (Wildman–Crippen MR) is 123 cm³/mol. The van der Waals surface area contributed by atoms with Crippen LogP contribution >= 0.6 is 11.8 Å². The van der Waals surface area contributed by atoms with Gasteiger partial charge in [-0.1, -0.05) is 43.0 Å². The Morgan fingerprint density at radius 3 is 2.45 bits per heavy atom. The summed E-state index contributed by atoms with van der Waals surface area (Å²) in [6.07, 6.45) is 0.641. The highest BCUT2D eigenvalue weighted by Crippen LogP contribution is 2.31. The number of nitrogens with one attached hydrogen (secondary N) is 1. The molecule has 0 bridgehead atoms. The lowest BCUT2D eigenvalue weighted by Gasteiger charge is -2.17. The third-order valence-corrected chi connectivity index (χ3v) is 5.74. The predicted octanol–water partition coefficient (Wildman–Crippen LogP) is 4.74. The average molecular weight is 441 g/mol. The van der Waals surface area contributed by atoms with Gasteiger partial charge in [-0.3, -0.25) is 4.79 Å². The smallest absolute Gasteiger partial charge is 0.234 e. The summed E-state index contributed by atoms with van der Waals surface area (Å²) in [5.41, 5.74) is 2.03. The molecule has 0 saturated carbocycles. The van der Waals surface area contributed by atoms with E-state index in [0.29, 0.717) is 29.0 Å². The van der Waals surface area contributed by atoms with E-state index in [1.54, 1.807) is 7.11 Å². The first kappa shape index (κ1) is 22.7. The molecule has 0 aliphatic heterocycles. The van der Waals surface area contributed by atoms with Crippen LogP contribution in [-0.4, -0.2) is 33.5 Å². The molecule has 2 aromatic carbocycles. The molecule has 1 heterocycles. The van der Waals surface area contributed by atoms with Gasteiger partial charge in [0.05, 0.1) is 12.9 Å². The van der Waals surface area contributed by atoms with Crippen LogP contribution in [0.15, 0.2) is 53.7 Å². The minimum atomic E-state index is -0.330. The number of amides is 1. The molecule has 0 radical (unpaired) electrons. The van der Waals surface area contributed by atoms with E-state index >= 15 is 0 Å². The molecule has 0 spiro atoms. The minimum Gasteiger partial charge on any atom is -0.493 e. The molecule has 1 atom stereocenters. The standard InChI is InChI=1S/C23H28N4O3S/c1-5-17-11-13-18(14-12-17)24-21(28)15-31-23-26-25-22(27(23)6-2)16(3)30-20-10-8-7-9-19(20)29-4/h7-14,16H,5-6,15H2,1-4H3,(H,24,28). The van der Waals surface area contributed by atoms with Gasteiger partial charge in [-0.25, -0.2) is 0 Å². The fourth-order valence-corrected chi connectivity index (χ4v) is 3.92. The fraction of sp³-hybridized carbons (Fsp3) is 0.348. The lowest BCUT2D eigenvalue weighted by molar-refractivity contribution is -0.113. The molecule has 7 nitrogen and oxygen atoms in total. The Hall–Kier alpha value is -3.00. The van der Waals surface area contributed by atoms with Crippen molar-refractivity contribution in [2.45, 2.75) is 45.0 Å². The first-order valence-corrected chi connectivity index (χ1v) is 11.3. The van der Waals surface area contributed by atoms with Crippen LogP contribution in [0, 0.1) is 0 Å². The molecule has 1 amide bonds. The number of benzene rings is 2. The molecular formula is C23H28N4O3S. The first-order valence-electron chi connectivity index (χ1n) is 10.3. The van der Waals surface area contributed by atoms with Gasteiger partial charge in [-0.2, -0.15) is 0 Å². The Labute approximate surface area is 187 Å². The monoisotopic (exact) mass is 440 g/mol. The van der Waals surface area contributed by atoms with E-state index < -0.39 is 0 Å². The third kappa shape index (κ3) is 5.79. The van der Waals surface area contributed by atoms with Gasteiger partial charge in [0.1, 0.15) is 0 Å². The zero-order valence-electron chi connectivity index (χ0n) is 18.3. The number of nitrogens with zero attached hydrogens (tertiary/aromatic N) is 3. The number of carbonyl (C=O) groups is 1. The quantitative estimate of drug-likeness (QED) is 0.459. The Morgan fingerprint density at radius 1 is 1.10 bits per heavy atom. The van der Waals surface area contributed by atoms with E-state index in [-0.39, 0.29) is 17.8 Å². The summed E-state index contributed by atoms with van der Waals surface area (Å²) in [4.78, 5) is 12.4. The van der Waals surface area contributed by atoms with Crippen molar-refractivity contribution in [1.82, 2.24) is 14.8 Å². The fourth-order valence-electron chi connectivity index (χ4n) is 3.12. The Balaban J connectivity index is 1.63. The number of para-hydroxylation sites is 2. The van der Waals surface area contributed by atoms with Crippen molar-refractivity contribution in [3.8, 4) is 11.5 Å². The molecule has 0 fully saturated rings. The maximum atomic E-state index is 12.4. The molecule has 0 aliphatic rings. The van der Waals surface area contributed by atoms with Gasteiger partial charge in [0.15, 0.2) is 28.6 Å². The number of aryl methyl sites for hydroxylation is 1. The molecule has 8 heteroatoms. The SMILES string of the molecule is CCc1ccc(NC(=O)CSc2nnc(C(C)Oc3ccccc3OC)n2CC)cc1.